The summed E-state index contributed by atoms with van der Waals surface area (Å²) in [4.78, 5) is 17.4. The molecular weight excluding hydrogens is 442 g/mol. The van der Waals surface area contributed by atoms with Gasteiger partial charge in [0.2, 0.25) is 0 Å². The van der Waals surface area contributed by atoms with Crippen LogP contribution in [0.3, 0.4) is 0 Å². The van der Waals surface area contributed by atoms with E-state index in [1.165, 1.54) is 16.4 Å². The quantitative estimate of drug-likeness (QED) is 0.462. The molecule has 0 fully saturated rings. The number of aryl methyl sites for hydroxylation is 1. The molecule has 162 valence electrons. The number of thiazole rings is 1. The van der Waals surface area contributed by atoms with E-state index in [1.54, 1.807) is 29.5 Å². The van der Waals surface area contributed by atoms with Crippen LogP contribution in [0.2, 0.25) is 0 Å². The number of fused-ring (bicyclic) bond motifs is 2. The van der Waals surface area contributed by atoms with Crippen molar-refractivity contribution >= 4 is 48.9 Å². The summed E-state index contributed by atoms with van der Waals surface area (Å²) in [6.07, 6.45) is 0.662. The molecule has 3 aromatic carbocycles. The normalized spacial score (nSPS) is 15.7. The fourth-order valence-corrected chi connectivity index (χ4v) is 6.74. The molecule has 1 aromatic heterocycles. The highest BCUT2D eigenvalue weighted by Gasteiger charge is 2.36. The highest BCUT2D eigenvalue weighted by atomic mass is 32.2. The Balaban J connectivity index is 1.44. The Kier molecular flexibility index (Phi) is 4.98. The molecule has 2 heterocycles. The summed E-state index contributed by atoms with van der Waals surface area (Å²) < 4.78 is 29.4. The second-order valence-corrected chi connectivity index (χ2v) is 10.9. The zero-order valence-corrected chi connectivity index (χ0v) is 19.2. The molecule has 32 heavy (non-hydrogen) atoms. The maximum absolute atomic E-state index is 13.5. The number of benzene rings is 3. The third kappa shape index (κ3) is 3.55. The van der Waals surface area contributed by atoms with Crippen LogP contribution in [0.15, 0.2) is 71.6 Å². The average molecular weight is 464 g/mol. The minimum absolute atomic E-state index is 0.0993. The van der Waals surface area contributed by atoms with Crippen LogP contribution in [0.25, 0.3) is 10.2 Å². The molecule has 0 aliphatic carbocycles. The molecule has 0 saturated carbocycles. The van der Waals surface area contributed by atoms with Gasteiger partial charge >= 0.3 is 0 Å². The number of amides is 1. The summed E-state index contributed by atoms with van der Waals surface area (Å²) in [5, 5.41) is 3.82. The lowest BCUT2D eigenvalue weighted by Gasteiger charge is -2.24. The number of aromatic nitrogens is 1. The standard InChI is InChI=1S/C24H21N3O3S2/c1-15-12-17-6-3-4-9-22(17)27(15)32(29,30)20-8-5-7-18(13-20)24(28)26-19-10-11-21-23(14-19)31-16(2)25-21/h3-11,13-15H,12H2,1-2H3,(H,26,28). The van der Waals surface area contributed by atoms with E-state index >= 15 is 0 Å². The van der Waals surface area contributed by atoms with Gasteiger partial charge in [0.15, 0.2) is 0 Å². The van der Waals surface area contributed by atoms with E-state index in [1.807, 2.05) is 50.2 Å². The summed E-state index contributed by atoms with van der Waals surface area (Å²) in [7, 11) is -3.81. The summed E-state index contributed by atoms with van der Waals surface area (Å²) in [5.74, 6) is -0.363. The van der Waals surface area contributed by atoms with E-state index in [2.05, 4.69) is 10.3 Å². The highest BCUT2D eigenvalue weighted by molar-refractivity contribution is 7.92. The summed E-state index contributed by atoms with van der Waals surface area (Å²) in [6, 6.07) is 19.1. The van der Waals surface area contributed by atoms with Gasteiger partial charge in [0, 0.05) is 17.3 Å². The van der Waals surface area contributed by atoms with Crippen LogP contribution < -0.4 is 9.62 Å². The Morgan fingerprint density at radius 1 is 1.09 bits per heavy atom. The lowest BCUT2D eigenvalue weighted by Crippen LogP contribution is -2.35. The first-order valence-corrected chi connectivity index (χ1v) is 12.5. The minimum Gasteiger partial charge on any atom is -0.322 e. The van der Waals surface area contributed by atoms with Gasteiger partial charge in [-0.25, -0.2) is 13.4 Å². The number of rotatable bonds is 4. The van der Waals surface area contributed by atoms with Gasteiger partial charge < -0.3 is 5.32 Å². The van der Waals surface area contributed by atoms with Crippen molar-refractivity contribution in [2.24, 2.45) is 0 Å². The molecule has 6 nitrogen and oxygen atoms in total. The van der Waals surface area contributed by atoms with Gasteiger partial charge in [0.05, 0.1) is 25.8 Å². The van der Waals surface area contributed by atoms with Crippen LogP contribution >= 0.6 is 11.3 Å². The number of hydrogen-bond acceptors (Lipinski definition) is 5. The van der Waals surface area contributed by atoms with E-state index < -0.39 is 10.0 Å². The SMILES string of the molecule is Cc1nc2ccc(NC(=O)c3cccc(S(=O)(=O)N4c5ccccc5CC4C)c3)cc2s1. The zero-order valence-electron chi connectivity index (χ0n) is 17.6. The van der Waals surface area contributed by atoms with Crippen LogP contribution in [-0.2, 0) is 16.4 Å². The van der Waals surface area contributed by atoms with Gasteiger partial charge in [-0.2, -0.15) is 0 Å². The molecule has 0 bridgehead atoms. The Morgan fingerprint density at radius 3 is 2.75 bits per heavy atom. The maximum atomic E-state index is 13.5. The number of nitrogens with zero attached hydrogens (tertiary/aromatic N) is 2. The van der Waals surface area contributed by atoms with Crippen LogP contribution in [0.1, 0.15) is 27.9 Å². The van der Waals surface area contributed by atoms with Gasteiger partial charge in [-0.3, -0.25) is 9.10 Å². The first-order chi connectivity index (χ1) is 15.3. The van der Waals surface area contributed by atoms with Crippen molar-refractivity contribution in [3.8, 4) is 0 Å². The van der Waals surface area contributed by atoms with E-state index in [9.17, 15) is 13.2 Å². The van der Waals surface area contributed by atoms with E-state index in [0.717, 1.165) is 20.8 Å². The van der Waals surface area contributed by atoms with Crippen molar-refractivity contribution < 1.29 is 13.2 Å². The second kappa shape index (κ2) is 7.72. The maximum Gasteiger partial charge on any atom is 0.264 e. The molecule has 1 aliphatic rings. The van der Waals surface area contributed by atoms with Crippen molar-refractivity contribution in [2.75, 3.05) is 9.62 Å². The molecule has 1 unspecified atom stereocenters. The Labute approximate surface area is 190 Å². The lowest BCUT2D eigenvalue weighted by molar-refractivity contribution is 0.102. The fraction of sp³-hybridized carbons (Fsp3) is 0.167. The molecule has 0 spiro atoms. The summed E-state index contributed by atoms with van der Waals surface area (Å²) >= 11 is 1.56. The molecule has 4 aromatic rings. The summed E-state index contributed by atoms with van der Waals surface area (Å²) in [5.41, 5.74) is 3.51. The van der Waals surface area contributed by atoms with E-state index in [0.29, 0.717) is 17.8 Å². The number of hydrogen-bond donors (Lipinski definition) is 1. The molecular formula is C24H21N3O3S2. The molecule has 5 rings (SSSR count). The molecule has 1 atom stereocenters. The molecule has 0 radical (unpaired) electrons. The topological polar surface area (TPSA) is 79.4 Å². The first kappa shape index (κ1) is 20.7. The number of nitrogens with one attached hydrogen (secondary N) is 1. The number of para-hydroxylation sites is 1. The number of carbonyl (C=O) groups excluding carboxylic acids is 1. The van der Waals surface area contributed by atoms with Crippen LogP contribution in [-0.4, -0.2) is 25.4 Å². The smallest absolute Gasteiger partial charge is 0.264 e. The van der Waals surface area contributed by atoms with Crippen molar-refractivity contribution in [1.29, 1.82) is 0 Å². The predicted molar refractivity (Wildman–Crippen MR) is 128 cm³/mol. The van der Waals surface area contributed by atoms with E-state index in [4.69, 9.17) is 0 Å². The highest BCUT2D eigenvalue weighted by Crippen LogP contribution is 2.36. The van der Waals surface area contributed by atoms with Crippen molar-refractivity contribution in [3.63, 3.8) is 0 Å². The fourth-order valence-electron chi connectivity index (χ4n) is 4.14. The predicted octanol–water partition coefficient (Wildman–Crippen LogP) is 5.00. The van der Waals surface area contributed by atoms with Crippen molar-refractivity contribution in [3.05, 3.63) is 82.9 Å². The lowest BCUT2D eigenvalue weighted by atomic mass is 10.1. The van der Waals surface area contributed by atoms with Gasteiger partial charge in [-0.15, -0.1) is 11.3 Å². The third-order valence-corrected chi connectivity index (χ3v) is 8.41. The second-order valence-electron chi connectivity index (χ2n) is 7.88. The largest absolute Gasteiger partial charge is 0.322 e. The van der Waals surface area contributed by atoms with Gasteiger partial charge in [-0.1, -0.05) is 24.3 Å². The van der Waals surface area contributed by atoms with E-state index in [-0.39, 0.29) is 22.4 Å². The van der Waals surface area contributed by atoms with Crippen LogP contribution in [0.5, 0.6) is 0 Å². The monoisotopic (exact) mass is 463 g/mol. The third-order valence-electron chi connectivity index (χ3n) is 5.55. The molecule has 0 saturated heterocycles. The van der Waals surface area contributed by atoms with Crippen molar-refractivity contribution in [1.82, 2.24) is 4.98 Å². The molecule has 8 heteroatoms. The minimum atomic E-state index is -3.81. The number of anilines is 2. The Bertz CT molecular complexity index is 1460. The van der Waals surface area contributed by atoms with Crippen molar-refractivity contribution in [2.45, 2.75) is 31.2 Å². The van der Waals surface area contributed by atoms with Gasteiger partial charge in [0.1, 0.15) is 0 Å². The number of carbonyl (C=O) groups is 1. The molecule has 1 amide bonds. The number of sulfonamides is 1. The molecule has 1 aliphatic heterocycles. The molecule has 1 N–H and O–H groups in total. The zero-order chi connectivity index (χ0) is 22.5. The average Bonchev–Trinajstić information content (AvgIpc) is 3.31. The first-order valence-electron chi connectivity index (χ1n) is 10.2. The van der Waals surface area contributed by atoms with Crippen LogP contribution in [0.4, 0.5) is 11.4 Å². The Hall–Kier alpha value is -3.23. The van der Waals surface area contributed by atoms with Crippen LogP contribution in [0, 0.1) is 6.92 Å². The van der Waals surface area contributed by atoms with Gasteiger partial charge in [0.25, 0.3) is 15.9 Å². The summed E-state index contributed by atoms with van der Waals surface area (Å²) in [6.45, 7) is 3.83. The van der Waals surface area contributed by atoms with Gasteiger partial charge in [-0.05, 0) is 68.3 Å². The Morgan fingerprint density at radius 2 is 1.91 bits per heavy atom.